The van der Waals surface area contributed by atoms with Gasteiger partial charge in [0.15, 0.2) is 6.10 Å². The molecule has 1 saturated heterocycles. The van der Waals surface area contributed by atoms with Crippen molar-refractivity contribution in [2.24, 2.45) is 0 Å². The van der Waals surface area contributed by atoms with Crippen molar-refractivity contribution in [3.8, 4) is 22.3 Å². The van der Waals surface area contributed by atoms with Crippen molar-refractivity contribution in [3.63, 3.8) is 0 Å². The lowest BCUT2D eigenvalue weighted by atomic mass is 9.98. The Morgan fingerprint density at radius 3 is 1.47 bits per heavy atom. The number of benzene rings is 4. The van der Waals surface area contributed by atoms with E-state index in [1.807, 2.05) is 104 Å². The van der Waals surface area contributed by atoms with Gasteiger partial charge in [0.2, 0.25) is 12.1 Å². The number of aromatic nitrogens is 2. The second kappa shape index (κ2) is 26.6. The van der Waals surface area contributed by atoms with Crippen molar-refractivity contribution in [2.75, 3.05) is 25.1 Å². The van der Waals surface area contributed by atoms with E-state index in [1.165, 1.54) is 28.4 Å². The van der Waals surface area contributed by atoms with Crippen LogP contribution in [0.4, 0.5) is 14.6 Å². The summed E-state index contributed by atoms with van der Waals surface area (Å²) >= 11 is 0. The molecular weight excluding hydrogens is 1010 g/mol. The number of aliphatic hydroxyl groups is 1. The predicted molar refractivity (Wildman–Crippen MR) is 306 cm³/mol. The summed E-state index contributed by atoms with van der Waals surface area (Å²) < 4.78 is 71.3. The van der Waals surface area contributed by atoms with Gasteiger partial charge in [-0.25, -0.2) is 9.36 Å². The molecule has 2 heterocycles. The van der Waals surface area contributed by atoms with Crippen LogP contribution in [0.25, 0.3) is 22.3 Å². The maximum atomic E-state index is 16.0. The van der Waals surface area contributed by atoms with Crippen molar-refractivity contribution >= 4 is 19.5 Å². The number of hydrogen-bond acceptors (Lipinski definition) is 9. The van der Waals surface area contributed by atoms with Gasteiger partial charge in [-0.3, -0.25) is 22.9 Å². The van der Waals surface area contributed by atoms with E-state index in [4.69, 9.17) is 18.3 Å². The molecule has 412 valence electrons. The van der Waals surface area contributed by atoms with Crippen LogP contribution in [-0.2, 0) is 27.7 Å². The van der Waals surface area contributed by atoms with Gasteiger partial charge in [0, 0.05) is 24.5 Å². The average molecular weight is 1080 g/mol. The van der Waals surface area contributed by atoms with Gasteiger partial charge in [-0.2, -0.15) is 13.8 Å². The number of halogens is 2. The van der Waals surface area contributed by atoms with Crippen LogP contribution in [0.3, 0.4) is 0 Å². The van der Waals surface area contributed by atoms with Gasteiger partial charge in [-0.1, -0.05) is 155 Å². The molecule has 1 fully saturated rings. The third-order valence-electron chi connectivity index (χ3n) is 14.9. The van der Waals surface area contributed by atoms with Gasteiger partial charge in [0.25, 0.3) is 0 Å². The third-order valence-corrected chi connectivity index (χ3v) is 16.3. The van der Waals surface area contributed by atoms with Crippen molar-refractivity contribution in [2.45, 2.75) is 142 Å². The molecule has 0 bridgehead atoms. The molecular formula is C64H74F2N3O8P. The fourth-order valence-electron chi connectivity index (χ4n) is 10.5. The van der Waals surface area contributed by atoms with E-state index >= 15 is 8.78 Å². The smallest absolute Gasteiger partial charge is 0.384 e. The lowest BCUT2D eigenvalue weighted by Gasteiger charge is -2.24. The zero-order valence-corrected chi connectivity index (χ0v) is 46.7. The Kier molecular flexibility index (Phi) is 19.8. The maximum Gasteiger partial charge on any atom is 0.474 e. The monoisotopic (exact) mass is 1080 g/mol. The van der Waals surface area contributed by atoms with Crippen molar-refractivity contribution < 1.29 is 41.6 Å². The molecule has 0 unspecified atom stereocenters. The molecule has 78 heavy (non-hydrogen) atoms. The van der Waals surface area contributed by atoms with E-state index in [0.717, 1.165) is 108 Å². The number of phosphoric acid groups is 1. The second-order valence-electron chi connectivity index (χ2n) is 21.2. The lowest BCUT2D eigenvalue weighted by Crippen LogP contribution is -2.42. The topological polar surface area (TPSA) is 138 Å². The molecule has 0 saturated carbocycles. The van der Waals surface area contributed by atoms with E-state index in [0.29, 0.717) is 11.0 Å². The molecule has 14 heteroatoms. The molecule has 3 atom stereocenters. The Labute approximate surface area is 458 Å². The molecule has 1 amide bonds. The molecule has 1 aliphatic heterocycles. The molecule has 2 N–H and O–H groups in total. The Bertz CT molecular complexity index is 3000. The summed E-state index contributed by atoms with van der Waals surface area (Å²) in [4.78, 5) is 30.1. The van der Waals surface area contributed by atoms with E-state index in [1.54, 1.807) is 0 Å². The minimum Gasteiger partial charge on any atom is -0.384 e. The summed E-state index contributed by atoms with van der Waals surface area (Å²) in [6, 6.07) is 32.6. The van der Waals surface area contributed by atoms with E-state index in [2.05, 4.69) is 75.3 Å². The highest BCUT2D eigenvalue weighted by Gasteiger charge is 2.60. The number of carbonyl (C=O) groups is 1. The van der Waals surface area contributed by atoms with Crippen LogP contribution in [0.1, 0.15) is 146 Å². The van der Waals surface area contributed by atoms with Gasteiger partial charge in [0.05, 0.1) is 19.8 Å². The Balaban J connectivity index is 0.836. The van der Waals surface area contributed by atoms with Crippen molar-refractivity contribution in [1.82, 2.24) is 9.55 Å². The van der Waals surface area contributed by atoms with Crippen LogP contribution in [0, 0.1) is 0 Å². The van der Waals surface area contributed by atoms with E-state index in [-0.39, 0.29) is 37.3 Å². The number of nitrogens with zero attached hydrogens (tertiary/aromatic N) is 2. The first-order valence-corrected chi connectivity index (χ1v) is 28.7. The first-order valence-electron chi connectivity index (χ1n) is 27.3. The molecule has 8 rings (SSSR count). The number of rotatable bonds is 26. The number of nitrogens with one attached hydrogen (secondary N) is 1. The van der Waals surface area contributed by atoms with Crippen LogP contribution in [0.2, 0.25) is 0 Å². The molecule has 2 aliphatic carbocycles. The summed E-state index contributed by atoms with van der Waals surface area (Å²) in [5.74, 6) is -5.25. The summed E-state index contributed by atoms with van der Waals surface area (Å²) in [5, 5.41) is 13.6. The third kappa shape index (κ3) is 14.5. The van der Waals surface area contributed by atoms with Gasteiger partial charge >= 0.3 is 19.4 Å². The second-order valence-corrected chi connectivity index (χ2v) is 22.8. The lowest BCUT2D eigenvalue weighted by molar-refractivity contribution is -0.140. The van der Waals surface area contributed by atoms with Crippen LogP contribution in [0.5, 0.6) is 0 Å². The number of aliphatic hydroxyl groups excluding tert-OH is 1. The number of unbranched alkanes of at least 4 members (excludes halogenated alkanes) is 1. The van der Waals surface area contributed by atoms with E-state index in [9.17, 15) is 19.3 Å². The Morgan fingerprint density at radius 1 is 0.615 bits per heavy atom. The average Bonchev–Trinajstić information content (AvgIpc) is 4.06. The minimum absolute atomic E-state index is 0.121. The minimum atomic E-state index is -4.62. The molecule has 5 aromatic rings. The summed E-state index contributed by atoms with van der Waals surface area (Å²) in [5.41, 5.74) is 13.3. The Hall–Kier alpha value is -6.18. The number of amides is 1. The van der Waals surface area contributed by atoms with Crippen LogP contribution >= 0.6 is 7.82 Å². The number of alkyl halides is 2. The van der Waals surface area contributed by atoms with Crippen molar-refractivity contribution in [1.29, 1.82) is 0 Å². The summed E-state index contributed by atoms with van der Waals surface area (Å²) in [6.45, 7) is 11.7. The number of hydrogen-bond donors (Lipinski definition) is 2. The van der Waals surface area contributed by atoms with Crippen LogP contribution in [-0.4, -0.2) is 58.5 Å². The number of fused-ring (bicyclic) bond motifs is 6. The number of carbonyl (C=O) groups excluding carboxylic acids is 1. The summed E-state index contributed by atoms with van der Waals surface area (Å²) in [6.07, 6.45) is 14.6. The predicted octanol–water partition coefficient (Wildman–Crippen LogP) is 15.5. The van der Waals surface area contributed by atoms with Gasteiger partial charge in [0.1, 0.15) is 11.9 Å². The zero-order valence-electron chi connectivity index (χ0n) is 45.8. The molecule has 0 radical (unpaired) electrons. The number of ether oxygens (including phenoxy) is 1. The highest BCUT2D eigenvalue weighted by molar-refractivity contribution is 7.48. The van der Waals surface area contributed by atoms with E-state index < -0.39 is 50.4 Å². The molecule has 3 aliphatic rings. The fourth-order valence-corrected chi connectivity index (χ4v) is 11.7. The maximum absolute atomic E-state index is 16.0. The van der Waals surface area contributed by atoms with Gasteiger partial charge in [-0.05, 0) is 150 Å². The van der Waals surface area contributed by atoms with Crippen LogP contribution < -0.4 is 11.0 Å². The molecule has 11 nitrogen and oxygen atoms in total. The number of anilines is 1. The Morgan fingerprint density at radius 2 is 1.03 bits per heavy atom. The van der Waals surface area contributed by atoms with Crippen molar-refractivity contribution in [3.05, 3.63) is 200 Å². The fraction of sp³-hybridized carbons (Fsp3) is 0.391. The highest BCUT2D eigenvalue weighted by Crippen LogP contribution is 2.56. The molecule has 1 aromatic heterocycles. The highest BCUT2D eigenvalue weighted by atomic mass is 31.2. The normalized spacial score (nSPS) is 18.4. The zero-order chi connectivity index (χ0) is 55.4. The largest absolute Gasteiger partial charge is 0.474 e. The van der Waals surface area contributed by atoms with Crippen LogP contribution in [0.15, 0.2) is 172 Å². The first-order chi connectivity index (χ1) is 37.5. The number of allylic oxidation sites excluding steroid dienone is 10. The quantitative estimate of drug-likeness (QED) is 0.0315. The molecule has 0 spiro atoms. The first kappa shape index (κ1) is 58.0. The number of phosphoric ester groups is 1. The van der Waals surface area contributed by atoms with Gasteiger partial charge < -0.3 is 15.2 Å². The molecule has 4 aromatic carbocycles. The standard InChI is InChI=1S/C64H74F2N3O8P/c1-43(2)20-17-23-46(5)26-18-24-44(3)21-7-8-22-45(4)25-19-27-47(6)36-37-60(70)67-59-38-39-69(63(72)68-59)62-64(65,66)61(71)58(77-62)42-76-78(73,74-40-56-52-32-13-9-28-48(52)49-29-10-14-33-53(49)56)75-41-57-54-34-15-11-30-50(54)51-31-12-16-35-55(51)57/h9-16,20-22,26-35,38-39,56-58,61-62,71H,7-8,17-19,23-25,36-37,40-42H2,1-6H3,(H,67,68,70,72)/b44-21+,45-22+,46-26+,47-27+/t58-,61-,62-/m1/s1. The van der Waals surface area contributed by atoms with Gasteiger partial charge in [-0.15, -0.1) is 0 Å². The summed E-state index contributed by atoms with van der Waals surface area (Å²) in [7, 11) is -4.62. The SMILES string of the molecule is CC(C)=CCC/C(C)=C/CC/C(C)=C/CC/C=C(\C)CC/C=C(\C)CCC(=O)Nc1ccn([C@@H]2O[C@H](COP(=O)(OCC3c4ccccc4-c4ccccc43)OCC3c4ccccc4-c4ccccc43)[C@@H](O)C2(F)F)c(=O)n1.